The summed E-state index contributed by atoms with van der Waals surface area (Å²) in [7, 11) is -8.88. The Morgan fingerprint density at radius 3 is 1.19 bits per heavy atom. The minimum absolute atomic E-state index is 0. The topological polar surface area (TPSA) is 145 Å². The summed E-state index contributed by atoms with van der Waals surface area (Å²) in [5.74, 6) is 0. The zero-order valence-corrected chi connectivity index (χ0v) is 14.9. The number of hydrogen-bond acceptors (Lipinski definition) is 3. The Labute approximate surface area is 266 Å². The predicted octanol–water partition coefficient (Wildman–Crippen LogP) is 0.494. The zero-order chi connectivity index (χ0) is 17.5. The van der Waals surface area contributed by atoms with Gasteiger partial charge in [-0.25, -0.2) is 9.13 Å². The number of rotatable bonds is 12. The summed E-state index contributed by atoms with van der Waals surface area (Å²) in [4.78, 5) is 38.5. The maximum atomic E-state index is 10.4. The van der Waals surface area contributed by atoms with E-state index in [4.69, 9.17) is 29.0 Å². The number of unbranched alkanes of at least 4 members (excludes halogenated alkanes) is 9. The monoisotopic (exact) mass is 476 g/mol. The molecule has 0 fully saturated rings. The predicted molar refractivity (Wildman–Crippen MR) is 113 cm³/mol. The van der Waals surface area contributed by atoms with E-state index in [0.29, 0.717) is 0 Å². The van der Waals surface area contributed by atoms with Crippen LogP contribution < -0.4 is 0 Å². The van der Waals surface area contributed by atoms with Gasteiger partial charge in [-0.05, 0) is 6.42 Å². The average molecular weight is 476 g/mol. The van der Waals surface area contributed by atoms with Gasteiger partial charge in [0, 0.05) is 0 Å². The van der Waals surface area contributed by atoms with Crippen molar-refractivity contribution in [3.05, 3.63) is 0 Å². The van der Waals surface area contributed by atoms with Gasteiger partial charge in [-0.2, -0.15) is 0 Å². The Balaban J connectivity index is -0.0000000984. The SMILES string of the molecule is CCCCCCCCCCCCOP(=O)(O)O.O=P(O)(O)O.[KH].[NaH].[NaH].[NaH]. The second kappa shape index (κ2) is 29.9. The van der Waals surface area contributed by atoms with E-state index in [1.807, 2.05) is 0 Å². The summed E-state index contributed by atoms with van der Waals surface area (Å²) in [6.45, 7) is 2.39. The number of phosphoric ester groups is 1. The molecule has 0 rings (SSSR count). The van der Waals surface area contributed by atoms with E-state index >= 15 is 0 Å². The summed E-state index contributed by atoms with van der Waals surface area (Å²) in [5.41, 5.74) is 0. The van der Waals surface area contributed by atoms with Crippen LogP contribution in [0.3, 0.4) is 0 Å². The van der Waals surface area contributed by atoms with Gasteiger partial charge in [0.2, 0.25) is 0 Å². The van der Waals surface area contributed by atoms with Gasteiger partial charge in [0.15, 0.2) is 0 Å². The van der Waals surface area contributed by atoms with Gasteiger partial charge < -0.3 is 24.5 Å². The van der Waals surface area contributed by atoms with Crippen LogP contribution in [0.5, 0.6) is 0 Å². The first kappa shape index (κ1) is 44.5. The summed E-state index contributed by atoms with van der Waals surface area (Å²) in [5, 5.41) is 0. The number of hydrogen-bond donors (Lipinski definition) is 5. The maximum absolute atomic E-state index is 10.4. The van der Waals surface area contributed by atoms with Crippen molar-refractivity contribution < 1.29 is 38.1 Å². The van der Waals surface area contributed by atoms with Crippen molar-refractivity contribution in [3.63, 3.8) is 0 Å². The van der Waals surface area contributed by atoms with Gasteiger partial charge in [-0.3, -0.25) is 4.52 Å². The van der Waals surface area contributed by atoms with Crippen molar-refractivity contribution in [2.75, 3.05) is 6.61 Å². The molecule has 0 spiro atoms. The summed E-state index contributed by atoms with van der Waals surface area (Å²) < 4.78 is 23.6. The Bertz CT molecular complexity index is 336. The van der Waals surface area contributed by atoms with Crippen molar-refractivity contribution >= 4 is 156 Å². The molecule has 0 amide bonds. The molecule has 0 saturated heterocycles. The Morgan fingerprint density at radius 1 is 0.654 bits per heavy atom. The molecule has 0 radical (unpaired) electrons. The van der Waals surface area contributed by atoms with E-state index in [1.165, 1.54) is 44.9 Å². The van der Waals surface area contributed by atoms with Gasteiger partial charge in [0.1, 0.15) is 0 Å². The van der Waals surface area contributed by atoms with Crippen LogP contribution in [0, 0.1) is 0 Å². The Kier molecular flexibility index (Phi) is 51.1. The first-order valence-corrected chi connectivity index (χ1v) is 10.6. The van der Waals surface area contributed by atoms with Gasteiger partial charge in [-0.15, -0.1) is 0 Å². The zero-order valence-electron chi connectivity index (χ0n) is 13.1. The summed E-state index contributed by atoms with van der Waals surface area (Å²) >= 11 is 0. The molecule has 5 N–H and O–H groups in total. The van der Waals surface area contributed by atoms with E-state index in [2.05, 4.69) is 11.4 Å². The van der Waals surface area contributed by atoms with E-state index in [9.17, 15) is 4.57 Å². The molecular formula is C12H34KNa3O8P2. The molecule has 0 aliphatic heterocycles. The fourth-order valence-corrected chi connectivity index (χ4v) is 2.14. The van der Waals surface area contributed by atoms with Crippen LogP contribution in [0.25, 0.3) is 0 Å². The molecule has 0 aliphatic carbocycles. The molecule has 0 aromatic heterocycles. The third-order valence-electron chi connectivity index (χ3n) is 2.76. The minimum atomic E-state index is -4.64. The van der Waals surface area contributed by atoms with Crippen molar-refractivity contribution in [2.24, 2.45) is 0 Å². The number of phosphoric acid groups is 2. The van der Waals surface area contributed by atoms with Crippen LogP contribution in [0.2, 0.25) is 0 Å². The van der Waals surface area contributed by atoms with Crippen LogP contribution in [0.4, 0.5) is 0 Å². The van der Waals surface area contributed by atoms with Crippen molar-refractivity contribution in [1.82, 2.24) is 0 Å². The molecule has 0 unspecified atom stereocenters. The first-order chi connectivity index (χ1) is 10.1. The normalized spacial score (nSPS) is 10.1. The van der Waals surface area contributed by atoms with E-state index in [1.54, 1.807) is 0 Å². The molecule has 0 atom stereocenters. The molecule has 0 aromatic carbocycles. The van der Waals surface area contributed by atoms with Crippen LogP contribution in [-0.2, 0) is 13.7 Å². The van der Waals surface area contributed by atoms with Crippen LogP contribution >= 0.6 is 15.6 Å². The molecule has 0 aromatic rings. The standard InChI is InChI=1S/C12H27O4P.K.3Na.H3O4P.4H/c1-2-3-4-5-6-7-8-9-10-11-12-16-17(13,14)15;;;;;1-5(2,3)4;;;;/h2-12H2,1H3,(H2,13,14,15);;;;;(H3,1,2,3,4);;;;. The van der Waals surface area contributed by atoms with Gasteiger partial charge in [-0.1, -0.05) is 64.7 Å². The third kappa shape index (κ3) is 63.0. The molecule has 0 saturated carbocycles. The molecule has 144 valence electrons. The van der Waals surface area contributed by atoms with Gasteiger partial charge in [0.05, 0.1) is 6.61 Å². The molecule has 14 heteroatoms. The average Bonchev–Trinajstić information content (AvgIpc) is 2.32. The summed E-state index contributed by atoms with van der Waals surface area (Å²) in [6, 6.07) is 0. The molecule has 0 aliphatic rings. The molecule has 0 heterocycles. The van der Waals surface area contributed by atoms with Crippen molar-refractivity contribution in [3.8, 4) is 0 Å². The van der Waals surface area contributed by atoms with Crippen molar-refractivity contribution in [2.45, 2.75) is 71.1 Å². The third-order valence-corrected chi connectivity index (χ3v) is 3.28. The van der Waals surface area contributed by atoms with Crippen LogP contribution in [0.1, 0.15) is 71.1 Å². The molecule has 8 nitrogen and oxygen atoms in total. The van der Waals surface area contributed by atoms with Crippen molar-refractivity contribution in [1.29, 1.82) is 0 Å². The van der Waals surface area contributed by atoms with E-state index < -0.39 is 15.6 Å². The molecule has 0 bridgehead atoms. The van der Waals surface area contributed by atoms with Gasteiger partial charge >= 0.3 is 156 Å². The Morgan fingerprint density at radius 2 is 0.923 bits per heavy atom. The second-order valence-electron chi connectivity index (χ2n) is 5.02. The second-order valence-corrected chi connectivity index (χ2v) is 7.28. The van der Waals surface area contributed by atoms with E-state index in [-0.39, 0.29) is 147 Å². The van der Waals surface area contributed by atoms with E-state index in [0.717, 1.165) is 19.3 Å². The summed E-state index contributed by atoms with van der Waals surface area (Å²) in [6.07, 6.45) is 12.0. The van der Waals surface area contributed by atoms with Crippen LogP contribution in [-0.4, -0.2) is 171 Å². The molecular weight excluding hydrogens is 442 g/mol. The molecule has 26 heavy (non-hydrogen) atoms. The Hall–Kier alpha value is 4.86. The quantitative estimate of drug-likeness (QED) is 0.156. The fourth-order valence-electron chi connectivity index (χ4n) is 1.77. The fraction of sp³-hybridized carbons (Fsp3) is 1.00. The van der Waals surface area contributed by atoms with Crippen LogP contribution in [0.15, 0.2) is 0 Å². The first-order valence-electron chi connectivity index (χ1n) is 7.54. The van der Waals surface area contributed by atoms with Gasteiger partial charge in [0.25, 0.3) is 0 Å².